The predicted molar refractivity (Wildman–Crippen MR) is 159 cm³/mol. The fourth-order valence-electron chi connectivity index (χ4n) is 8.50. The molecule has 6 N–H and O–H groups in total. The number of rotatable bonds is 12. The van der Waals surface area contributed by atoms with Crippen molar-refractivity contribution in [2.75, 3.05) is 13.2 Å². The summed E-state index contributed by atoms with van der Waals surface area (Å²) < 4.78 is 12.1. The third kappa shape index (κ3) is 7.04. The molecule has 2 aliphatic carbocycles. The quantitative estimate of drug-likeness (QED) is 0.147. The Hall–Kier alpha value is -1.17. The molecule has 0 aromatic heterocycles. The minimum atomic E-state index is -1.60. The third-order valence-corrected chi connectivity index (χ3v) is 10.6. The molecule has 0 unspecified atom stereocenters. The van der Waals surface area contributed by atoms with Gasteiger partial charge >= 0.3 is 0 Å². The van der Waals surface area contributed by atoms with Crippen molar-refractivity contribution in [3.05, 3.63) is 23.3 Å². The minimum Gasteiger partial charge on any atom is -0.396 e. The smallest absolute Gasteiger partial charge is 0.186 e. The Balaban J connectivity index is 2.06. The molecule has 0 spiro atoms. The summed E-state index contributed by atoms with van der Waals surface area (Å²) in [6.07, 6.45) is -1.41. The summed E-state index contributed by atoms with van der Waals surface area (Å²) in [7, 11) is 0. The van der Waals surface area contributed by atoms with Crippen LogP contribution in [0.2, 0.25) is 0 Å². The van der Waals surface area contributed by atoms with Gasteiger partial charge in [-0.25, -0.2) is 0 Å². The first kappa shape index (κ1) is 35.3. The molecule has 0 bridgehead atoms. The molecule has 1 saturated heterocycles. The molecule has 242 valence electrons. The van der Waals surface area contributed by atoms with Gasteiger partial charge in [-0.3, -0.25) is 4.79 Å². The van der Waals surface area contributed by atoms with Crippen LogP contribution in [0.25, 0.3) is 0 Å². The lowest BCUT2D eigenvalue weighted by molar-refractivity contribution is -0.317. The number of Topliss-reactive ketones (excluding diaryl/α,β-unsaturated/α-hetero) is 1. The Morgan fingerprint density at radius 1 is 1.17 bits per heavy atom. The van der Waals surface area contributed by atoms with Gasteiger partial charge in [0.25, 0.3) is 0 Å². The van der Waals surface area contributed by atoms with Gasteiger partial charge in [-0.2, -0.15) is 0 Å². The Morgan fingerprint density at radius 2 is 1.83 bits per heavy atom. The van der Waals surface area contributed by atoms with Gasteiger partial charge in [0.2, 0.25) is 0 Å². The lowest BCUT2D eigenvalue weighted by Gasteiger charge is -2.55. The van der Waals surface area contributed by atoms with E-state index in [1.807, 2.05) is 40.7 Å². The summed E-state index contributed by atoms with van der Waals surface area (Å²) >= 11 is 0. The Morgan fingerprint density at radius 3 is 2.43 bits per heavy atom. The average molecular weight is 600 g/mol. The second-order valence-electron chi connectivity index (χ2n) is 13.7. The monoisotopic (exact) mass is 599 g/mol. The number of ketones is 1. The molecule has 1 saturated carbocycles. The molecule has 14 atom stereocenters. The van der Waals surface area contributed by atoms with Gasteiger partial charge in [0.15, 0.2) is 6.29 Å². The third-order valence-electron chi connectivity index (χ3n) is 10.6. The molecular weight excluding hydrogens is 543 g/mol. The maximum absolute atomic E-state index is 14.0. The van der Waals surface area contributed by atoms with Crippen molar-refractivity contribution in [3.63, 3.8) is 0 Å². The van der Waals surface area contributed by atoms with Crippen LogP contribution in [0.15, 0.2) is 23.3 Å². The normalized spacial score (nSPS) is 41.5. The van der Waals surface area contributed by atoms with Crippen LogP contribution >= 0.6 is 0 Å². The lowest BCUT2D eigenvalue weighted by Crippen LogP contribution is -2.60. The van der Waals surface area contributed by atoms with E-state index >= 15 is 0 Å². The van der Waals surface area contributed by atoms with Gasteiger partial charge in [0.05, 0.1) is 18.8 Å². The number of carbonyl (C=O) groups is 1. The predicted octanol–water partition coefficient (Wildman–Crippen LogP) is 2.75. The van der Waals surface area contributed by atoms with E-state index in [0.29, 0.717) is 18.3 Å². The summed E-state index contributed by atoms with van der Waals surface area (Å²) in [6.45, 7) is 13.4. The average Bonchev–Trinajstić information content (AvgIpc) is 2.93. The number of fused-ring (bicyclic) bond motifs is 1. The molecule has 3 rings (SSSR count). The SMILES string of the molecule is CC/C=C(\C)[C@@H](O)[C@@H](C)[C@H](C[13C@H]1C(C)=C[C@H]2[13CH2][C@@H](C)C[C@@H](C)[C@@H]2[C@@]1(C)C(=O)C[13CH2]O)O[C@@H]1O[C@H](CO)[C@@H](O)[C@H](O)[C@H]1O. The zero-order valence-electron chi connectivity index (χ0n) is 26.5. The van der Waals surface area contributed by atoms with E-state index in [-0.39, 0.29) is 36.6 Å². The lowest BCUT2D eigenvalue weighted by atomic mass is 9.58. The summed E-state index contributed by atoms with van der Waals surface area (Å²) in [6, 6.07) is 0. The Bertz CT molecular complexity index is 963. The second-order valence-corrected chi connectivity index (χ2v) is 13.7. The topological polar surface area (TPSA) is 157 Å². The van der Waals surface area contributed by atoms with E-state index in [1.165, 1.54) is 0 Å². The standard InChI is InChI=1S/C33H56O9/c1-8-9-18(3)28(37)21(6)24(41-32-31(40)30(39)29(38)25(16-35)42-32)15-23-19(4)14-22-13-17(2)12-20(5)27(22)33(23,7)26(36)10-11-34/h9,14,17,20-25,27-32,34-35,37-40H,8,10-13,15-16H2,1-7H3/b18-9+/t17-,20+,21-,22+,23-,24-,25+,27-,28+,29+,30-,31+,32+,33+/m0/s1/i11+1,13+1,23+1. The zero-order chi connectivity index (χ0) is 31.5. The van der Waals surface area contributed by atoms with Crippen molar-refractivity contribution in [1.29, 1.82) is 0 Å². The fourth-order valence-corrected chi connectivity index (χ4v) is 8.50. The first-order valence-corrected chi connectivity index (χ1v) is 15.9. The van der Waals surface area contributed by atoms with E-state index in [0.717, 1.165) is 30.4 Å². The number of ether oxygens (including phenoxy) is 2. The van der Waals surface area contributed by atoms with Crippen molar-refractivity contribution in [2.24, 2.45) is 40.9 Å². The highest BCUT2D eigenvalue weighted by atomic mass is 16.7. The van der Waals surface area contributed by atoms with Gasteiger partial charge in [-0.1, -0.05) is 52.3 Å². The summed E-state index contributed by atoms with van der Waals surface area (Å²) in [5.74, 6) is 0.415. The van der Waals surface area contributed by atoms with Crippen molar-refractivity contribution in [3.8, 4) is 0 Å². The van der Waals surface area contributed by atoms with Crippen LogP contribution in [0.3, 0.4) is 0 Å². The first-order valence-electron chi connectivity index (χ1n) is 15.9. The van der Waals surface area contributed by atoms with E-state index in [2.05, 4.69) is 19.9 Å². The number of hydrogen-bond donors (Lipinski definition) is 6. The molecule has 1 heterocycles. The van der Waals surface area contributed by atoms with Crippen molar-refractivity contribution >= 4 is 5.78 Å². The van der Waals surface area contributed by atoms with Crippen molar-refractivity contribution in [1.82, 2.24) is 0 Å². The highest BCUT2D eigenvalue weighted by molar-refractivity contribution is 5.86. The zero-order valence-corrected chi connectivity index (χ0v) is 26.5. The van der Waals surface area contributed by atoms with E-state index in [1.54, 1.807) is 0 Å². The van der Waals surface area contributed by atoms with E-state index in [4.69, 9.17) is 9.47 Å². The van der Waals surface area contributed by atoms with Gasteiger partial charge in [-0.05, 0) is 74.7 Å². The molecular formula is C33H56O9. The number of hydrogen-bond acceptors (Lipinski definition) is 9. The maximum Gasteiger partial charge on any atom is 0.186 e. The van der Waals surface area contributed by atoms with Crippen LogP contribution in [0.1, 0.15) is 80.6 Å². The maximum atomic E-state index is 14.0. The van der Waals surface area contributed by atoms with E-state index < -0.39 is 60.9 Å². The van der Waals surface area contributed by atoms with Crippen molar-refractivity contribution < 1.29 is 44.9 Å². The van der Waals surface area contributed by atoms with Crippen molar-refractivity contribution in [2.45, 2.75) is 123 Å². The number of aliphatic hydroxyl groups excluding tert-OH is 6. The first-order chi connectivity index (χ1) is 19.7. The number of aliphatic hydroxyl groups is 6. The van der Waals surface area contributed by atoms with Crippen LogP contribution in [0.4, 0.5) is 0 Å². The largest absolute Gasteiger partial charge is 0.396 e. The van der Waals surface area contributed by atoms with Gasteiger partial charge in [0, 0.05) is 24.4 Å². The minimum absolute atomic E-state index is 0.0145. The highest BCUT2D eigenvalue weighted by Gasteiger charge is 2.56. The molecule has 1 aliphatic heterocycles. The molecule has 0 aromatic rings. The van der Waals surface area contributed by atoms with Gasteiger partial charge in [-0.15, -0.1) is 0 Å². The molecule has 0 aromatic carbocycles. The van der Waals surface area contributed by atoms with Crippen LogP contribution in [0, 0.1) is 40.9 Å². The highest BCUT2D eigenvalue weighted by Crippen LogP contribution is 2.58. The molecule has 9 nitrogen and oxygen atoms in total. The number of carbonyl (C=O) groups excluding carboxylic acids is 1. The van der Waals surface area contributed by atoms with Gasteiger partial charge < -0.3 is 40.1 Å². The van der Waals surface area contributed by atoms with Gasteiger partial charge in [0.1, 0.15) is 30.2 Å². The molecule has 0 amide bonds. The Kier molecular flexibility index (Phi) is 12.4. The van der Waals surface area contributed by atoms with Crippen LogP contribution in [-0.2, 0) is 14.3 Å². The molecule has 3 aliphatic rings. The summed E-state index contributed by atoms with van der Waals surface area (Å²) in [4.78, 5) is 14.0. The van der Waals surface area contributed by atoms with Crippen LogP contribution in [0.5, 0.6) is 0 Å². The molecule has 9 heteroatoms. The molecule has 0 radical (unpaired) electrons. The summed E-state index contributed by atoms with van der Waals surface area (Å²) in [5, 5.41) is 62.5. The fraction of sp³-hybridized carbons (Fsp3) is 0.848. The second kappa shape index (κ2) is 14.7. The summed E-state index contributed by atoms with van der Waals surface area (Å²) in [5.41, 5.74) is 1.05. The van der Waals surface area contributed by atoms with Crippen LogP contribution in [-0.4, -0.2) is 92.5 Å². The molecule has 42 heavy (non-hydrogen) atoms. The number of allylic oxidation sites excluding steroid dienone is 3. The Labute approximate surface area is 251 Å². The van der Waals surface area contributed by atoms with Crippen LogP contribution < -0.4 is 0 Å². The van der Waals surface area contributed by atoms with E-state index in [9.17, 15) is 35.4 Å². The molecule has 2 fully saturated rings.